The van der Waals surface area contributed by atoms with E-state index in [1.807, 2.05) is 0 Å². The zero-order valence-electron chi connectivity index (χ0n) is 11.2. The first kappa shape index (κ1) is 12.6. The molecule has 1 N–H and O–H groups in total. The first-order valence-corrected chi connectivity index (χ1v) is 8.17. The molecule has 3 rings (SSSR count). The molecule has 2 aliphatic rings. The van der Waals surface area contributed by atoms with Crippen LogP contribution in [-0.2, 0) is 6.42 Å². The number of hydrogen-bond donors (Lipinski definition) is 1. The molecule has 2 atom stereocenters. The Balaban J connectivity index is 1.43. The van der Waals surface area contributed by atoms with Crippen LogP contribution in [0.4, 0.5) is 0 Å². The third-order valence-corrected chi connectivity index (χ3v) is 5.58. The van der Waals surface area contributed by atoms with Gasteiger partial charge in [0.05, 0.1) is 0 Å². The van der Waals surface area contributed by atoms with E-state index in [0.29, 0.717) is 0 Å². The van der Waals surface area contributed by atoms with Gasteiger partial charge in [0.2, 0.25) is 0 Å². The van der Waals surface area contributed by atoms with E-state index >= 15 is 0 Å². The molecule has 1 heterocycles. The Kier molecular flexibility index (Phi) is 3.95. The third-order valence-electron chi connectivity index (χ3n) is 4.24. The van der Waals surface area contributed by atoms with Gasteiger partial charge in [0.1, 0.15) is 0 Å². The summed E-state index contributed by atoms with van der Waals surface area (Å²) in [5, 5.41) is 4.51. The van der Waals surface area contributed by atoms with Crippen LogP contribution in [0, 0.1) is 5.92 Å². The summed E-state index contributed by atoms with van der Waals surface area (Å²) in [5.41, 5.74) is 1.56. The number of rotatable bonds is 5. The third kappa shape index (κ3) is 2.92. The van der Waals surface area contributed by atoms with E-state index in [2.05, 4.69) is 48.3 Å². The molecular formula is C16H23NS. The fourth-order valence-electron chi connectivity index (χ4n) is 2.90. The Morgan fingerprint density at radius 1 is 1.33 bits per heavy atom. The van der Waals surface area contributed by atoms with Crippen LogP contribution >= 0.6 is 11.8 Å². The van der Waals surface area contributed by atoms with Gasteiger partial charge in [-0.05, 0) is 49.8 Å². The maximum absolute atomic E-state index is 3.70. The van der Waals surface area contributed by atoms with Crippen LogP contribution in [0.3, 0.4) is 0 Å². The molecule has 1 aliphatic heterocycles. The van der Waals surface area contributed by atoms with Crippen molar-refractivity contribution in [3.63, 3.8) is 0 Å². The van der Waals surface area contributed by atoms with E-state index in [1.165, 1.54) is 43.5 Å². The van der Waals surface area contributed by atoms with E-state index in [4.69, 9.17) is 0 Å². The lowest BCUT2D eigenvalue weighted by Crippen LogP contribution is -2.38. The molecule has 0 spiro atoms. The van der Waals surface area contributed by atoms with Crippen molar-refractivity contribution in [2.75, 3.05) is 6.54 Å². The van der Waals surface area contributed by atoms with Crippen molar-refractivity contribution in [1.82, 2.24) is 5.32 Å². The molecule has 1 aromatic carbocycles. The molecule has 0 bridgehead atoms. The average molecular weight is 261 g/mol. The average Bonchev–Trinajstić information content (AvgIpc) is 2.68. The van der Waals surface area contributed by atoms with Gasteiger partial charge in [-0.3, -0.25) is 0 Å². The lowest BCUT2D eigenvalue weighted by atomic mass is 9.92. The zero-order valence-corrected chi connectivity index (χ0v) is 12.0. The quantitative estimate of drug-likeness (QED) is 0.863. The second-order valence-electron chi connectivity index (χ2n) is 5.93. The zero-order chi connectivity index (χ0) is 12.4. The molecular weight excluding hydrogens is 238 g/mol. The SMILES string of the molecule is CC(CNC1CCC1)CC1Cc2ccccc2S1. The maximum Gasteiger partial charge on any atom is 0.0138 e. The Hall–Kier alpha value is -0.470. The van der Waals surface area contributed by atoms with Gasteiger partial charge in [0.25, 0.3) is 0 Å². The van der Waals surface area contributed by atoms with Gasteiger partial charge in [0, 0.05) is 16.2 Å². The predicted molar refractivity (Wildman–Crippen MR) is 79.2 cm³/mol. The molecule has 18 heavy (non-hydrogen) atoms. The summed E-state index contributed by atoms with van der Waals surface area (Å²) in [4.78, 5) is 1.52. The highest BCUT2D eigenvalue weighted by Gasteiger charge is 2.24. The summed E-state index contributed by atoms with van der Waals surface area (Å²) in [6.45, 7) is 3.60. The van der Waals surface area contributed by atoms with Gasteiger partial charge < -0.3 is 5.32 Å². The first-order valence-electron chi connectivity index (χ1n) is 7.29. The van der Waals surface area contributed by atoms with Crippen LogP contribution in [-0.4, -0.2) is 17.8 Å². The van der Waals surface area contributed by atoms with Crippen LogP contribution in [0.5, 0.6) is 0 Å². The van der Waals surface area contributed by atoms with Crippen molar-refractivity contribution < 1.29 is 0 Å². The normalized spacial score (nSPS) is 24.6. The van der Waals surface area contributed by atoms with Crippen molar-refractivity contribution in [3.05, 3.63) is 29.8 Å². The molecule has 0 saturated heterocycles. The molecule has 1 saturated carbocycles. The van der Waals surface area contributed by atoms with Gasteiger partial charge in [-0.25, -0.2) is 0 Å². The minimum Gasteiger partial charge on any atom is -0.314 e. The van der Waals surface area contributed by atoms with E-state index < -0.39 is 0 Å². The lowest BCUT2D eigenvalue weighted by Gasteiger charge is -2.28. The maximum atomic E-state index is 3.70. The fraction of sp³-hybridized carbons (Fsp3) is 0.625. The summed E-state index contributed by atoms with van der Waals surface area (Å²) in [7, 11) is 0. The number of fused-ring (bicyclic) bond motifs is 1. The summed E-state index contributed by atoms with van der Waals surface area (Å²) >= 11 is 2.09. The van der Waals surface area contributed by atoms with Crippen molar-refractivity contribution in [2.45, 2.75) is 55.2 Å². The van der Waals surface area contributed by atoms with Crippen molar-refractivity contribution >= 4 is 11.8 Å². The summed E-state index contributed by atoms with van der Waals surface area (Å²) in [6.07, 6.45) is 6.85. The number of thioether (sulfide) groups is 1. The molecule has 1 nitrogen and oxygen atoms in total. The van der Waals surface area contributed by atoms with Gasteiger partial charge >= 0.3 is 0 Å². The van der Waals surface area contributed by atoms with E-state index in [-0.39, 0.29) is 0 Å². The summed E-state index contributed by atoms with van der Waals surface area (Å²) in [5.74, 6) is 0.803. The minimum atomic E-state index is 0.803. The van der Waals surface area contributed by atoms with E-state index in [0.717, 1.165) is 17.2 Å². The fourth-order valence-corrected chi connectivity index (χ4v) is 4.40. The first-order chi connectivity index (χ1) is 8.81. The topological polar surface area (TPSA) is 12.0 Å². The molecule has 1 aromatic rings. The second-order valence-corrected chi connectivity index (χ2v) is 7.27. The van der Waals surface area contributed by atoms with Crippen LogP contribution in [0.2, 0.25) is 0 Å². The monoisotopic (exact) mass is 261 g/mol. The Morgan fingerprint density at radius 3 is 2.89 bits per heavy atom. The van der Waals surface area contributed by atoms with Gasteiger partial charge in [0.15, 0.2) is 0 Å². The van der Waals surface area contributed by atoms with Gasteiger partial charge in [-0.2, -0.15) is 0 Å². The molecule has 2 unspecified atom stereocenters. The molecule has 0 amide bonds. The molecule has 0 radical (unpaired) electrons. The van der Waals surface area contributed by atoms with Crippen molar-refractivity contribution in [1.29, 1.82) is 0 Å². The van der Waals surface area contributed by atoms with Crippen molar-refractivity contribution in [3.8, 4) is 0 Å². The molecule has 1 fully saturated rings. The van der Waals surface area contributed by atoms with Gasteiger partial charge in [-0.1, -0.05) is 31.5 Å². The highest BCUT2D eigenvalue weighted by Crippen LogP contribution is 2.39. The Labute approximate surface area is 115 Å². The lowest BCUT2D eigenvalue weighted by molar-refractivity contribution is 0.316. The molecule has 2 heteroatoms. The Morgan fingerprint density at radius 2 is 2.17 bits per heavy atom. The number of nitrogens with one attached hydrogen (secondary N) is 1. The highest BCUT2D eigenvalue weighted by atomic mass is 32.2. The summed E-state index contributed by atoms with van der Waals surface area (Å²) < 4.78 is 0. The van der Waals surface area contributed by atoms with Crippen LogP contribution in [0.1, 0.15) is 38.2 Å². The van der Waals surface area contributed by atoms with Crippen LogP contribution in [0.15, 0.2) is 29.2 Å². The second kappa shape index (κ2) is 5.66. The van der Waals surface area contributed by atoms with E-state index in [9.17, 15) is 0 Å². The summed E-state index contributed by atoms with van der Waals surface area (Å²) in [6, 6.07) is 9.73. The molecule has 98 valence electrons. The van der Waals surface area contributed by atoms with Crippen LogP contribution in [0.25, 0.3) is 0 Å². The largest absolute Gasteiger partial charge is 0.314 e. The van der Waals surface area contributed by atoms with E-state index in [1.54, 1.807) is 5.56 Å². The molecule has 0 aromatic heterocycles. The highest BCUT2D eigenvalue weighted by molar-refractivity contribution is 8.00. The minimum absolute atomic E-state index is 0.803. The predicted octanol–water partition coefficient (Wildman–Crippen LogP) is 3.87. The molecule has 1 aliphatic carbocycles. The standard InChI is InChI=1S/C16H23NS/c1-12(11-17-14-6-4-7-14)9-15-10-13-5-2-3-8-16(13)18-15/h2-3,5,8,12,14-15,17H,4,6-7,9-11H2,1H3. The van der Waals surface area contributed by atoms with Crippen molar-refractivity contribution in [2.24, 2.45) is 5.92 Å². The van der Waals surface area contributed by atoms with Crippen LogP contribution < -0.4 is 5.32 Å². The number of hydrogen-bond acceptors (Lipinski definition) is 2. The Bertz CT molecular complexity index is 375. The smallest absolute Gasteiger partial charge is 0.0138 e. The number of benzene rings is 1. The van der Waals surface area contributed by atoms with Gasteiger partial charge in [-0.15, -0.1) is 11.8 Å².